The first-order chi connectivity index (χ1) is 9.66. The second-order valence-corrected chi connectivity index (χ2v) is 4.56. The number of ketones is 1. The van der Waals surface area contributed by atoms with E-state index in [1.54, 1.807) is 12.1 Å². The van der Waals surface area contributed by atoms with Crippen molar-refractivity contribution in [3.05, 3.63) is 59.7 Å². The number of carbonyl (C=O) groups is 1. The van der Waals surface area contributed by atoms with Crippen LogP contribution in [0.2, 0.25) is 0 Å². The van der Waals surface area contributed by atoms with E-state index in [9.17, 15) is 4.79 Å². The standard InChI is InChI=1S/C17H18O3/c1-13-7-9-15(10-8-13)19-11-12-20-17-6-4-3-5-16(17)14(2)18/h3-10H,11-12H2,1-2H3. The summed E-state index contributed by atoms with van der Waals surface area (Å²) in [4.78, 5) is 11.4. The van der Waals surface area contributed by atoms with Gasteiger partial charge in [-0.2, -0.15) is 0 Å². The fourth-order valence-corrected chi connectivity index (χ4v) is 1.83. The van der Waals surface area contributed by atoms with Gasteiger partial charge in [-0.05, 0) is 38.1 Å². The van der Waals surface area contributed by atoms with E-state index in [2.05, 4.69) is 0 Å². The fraction of sp³-hybridized carbons (Fsp3) is 0.235. The number of carbonyl (C=O) groups excluding carboxylic acids is 1. The summed E-state index contributed by atoms with van der Waals surface area (Å²) in [6.07, 6.45) is 0. The highest BCUT2D eigenvalue weighted by atomic mass is 16.5. The number of ether oxygens (including phenoxy) is 2. The Hall–Kier alpha value is -2.29. The normalized spacial score (nSPS) is 10.1. The smallest absolute Gasteiger partial charge is 0.163 e. The number of benzene rings is 2. The molecule has 0 N–H and O–H groups in total. The molecule has 0 amide bonds. The fourth-order valence-electron chi connectivity index (χ4n) is 1.83. The summed E-state index contributed by atoms with van der Waals surface area (Å²) in [5.41, 5.74) is 1.80. The molecule has 0 aromatic heterocycles. The van der Waals surface area contributed by atoms with Crippen molar-refractivity contribution < 1.29 is 14.3 Å². The summed E-state index contributed by atoms with van der Waals surface area (Å²) in [5, 5.41) is 0. The van der Waals surface area contributed by atoms with Crippen LogP contribution in [0.4, 0.5) is 0 Å². The third kappa shape index (κ3) is 3.85. The molecule has 0 saturated carbocycles. The average molecular weight is 270 g/mol. The van der Waals surface area contributed by atoms with Crippen LogP contribution in [0.25, 0.3) is 0 Å². The van der Waals surface area contributed by atoms with E-state index in [4.69, 9.17) is 9.47 Å². The SMILES string of the molecule is CC(=O)c1ccccc1OCCOc1ccc(C)cc1. The molecule has 0 aliphatic carbocycles. The quantitative estimate of drug-likeness (QED) is 0.593. The van der Waals surface area contributed by atoms with Crippen LogP contribution in [-0.2, 0) is 0 Å². The predicted octanol–water partition coefficient (Wildman–Crippen LogP) is 3.66. The van der Waals surface area contributed by atoms with E-state index in [1.165, 1.54) is 12.5 Å². The van der Waals surface area contributed by atoms with Gasteiger partial charge in [0.25, 0.3) is 0 Å². The zero-order chi connectivity index (χ0) is 14.4. The lowest BCUT2D eigenvalue weighted by atomic mass is 10.1. The minimum Gasteiger partial charge on any atom is -0.490 e. The Morgan fingerprint density at radius 3 is 2.30 bits per heavy atom. The minimum absolute atomic E-state index is 0.0000490. The van der Waals surface area contributed by atoms with Crippen LogP contribution in [0.3, 0.4) is 0 Å². The van der Waals surface area contributed by atoms with E-state index in [1.807, 2.05) is 43.3 Å². The molecular formula is C17H18O3. The lowest BCUT2D eigenvalue weighted by molar-refractivity contribution is 0.101. The third-order valence-electron chi connectivity index (χ3n) is 2.90. The van der Waals surface area contributed by atoms with Crippen molar-refractivity contribution in [2.75, 3.05) is 13.2 Å². The number of para-hydroxylation sites is 1. The predicted molar refractivity (Wildman–Crippen MR) is 78.6 cm³/mol. The molecule has 0 heterocycles. The molecule has 0 aliphatic heterocycles. The number of hydrogen-bond donors (Lipinski definition) is 0. The van der Waals surface area contributed by atoms with Gasteiger partial charge in [0.05, 0.1) is 5.56 Å². The molecular weight excluding hydrogens is 252 g/mol. The molecule has 0 atom stereocenters. The molecule has 2 aromatic rings. The van der Waals surface area contributed by atoms with Crippen LogP contribution < -0.4 is 9.47 Å². The van der Waals surface area contributed by atoms with Crippen molar-refractivity contribution in [1.82, 2.24) is 0 Å². The maximum atomic E-state index is 11.4. The number of hydrogen-bond acceptors (Lipinski definition) is 3. The van der Waals surface area contributed by atoms with Crippen molar-refractivity contribution in [3.63, 3.8) is 0 Å². The van der Waals surface area contributed by atoms with Gasteiger partial charge in [0.2, 0.25) is 0 Å². The van der Waals surface area contributed by atoms with Gasteiger partial charge in [0.1, 0.15) is 24.7 Å². The molecule has 2 aromatic carbocycles. The molecule has 0 fully saturated rings. The highest BCUT2D eigenvalue weighted by molar-refractivity contribution is 5.96. The molecule has 104 valence electrons. The van der Waals surface area contributed by atoms with Gasteiger partial charge in [0, 0.05) is 0 Å². The Bertz CT molecular complexity index is 573. The van der Waals surface area contributed by atoms with Crippen molar-refractivity contribution in [2.45, 2.75) is 13.8 Å². The van der Waals surface area contributed by atoms with Gasteiger partial charge in [-0.3, -0.25) is 4.79 Å². The molecule has 0 aliphatic rings. The first-order valence-electron chi connectivity index (χ1n) is 6.59. The molecule has 2 rings (SSSR count). The van der Waals surface area contributed by atoms with Crippen LogP contribution in [-0.4, -0.2) is 19.0 Å². The maximum absolute atomic E-state index is 11.4. The van der Waals surface area contributed by atoms with Gasteiger partial charge < -0.3 is 9.47 Å². The number of Topliss-reactive ketones (excluding diaryl/α,β-unsaturated/α-hetero) is 1. The van der Waals surface area contributed by atoms with Crippen LogP contribution in [0.15, 0.2) is 48.5 Å². The molecule has 20 heavy (non-hydrogen) atoms. The van der Waals surface area contributed by atoms with Crippen molar-refractivity contribution in [2.24, 2.45) is 0 Å². The van der Waals surface area contributed by atoms with Crippen LogP contribution in [0.1, 0.15) is 22.8 Å². The average Bonchev–Trinajstić information content (AvgIpc) is 2.46. The van der Waals surface area contributed by atoms with E-state index < -0.39 is 0 Å². The van der Waals surface area contributed by atoms with Gasteiger partial charge in [-0.25, -0.2) is 0 Å². The lowest BCUT2D eigenvalue weighted by Gasteiger charge is -2.10. The molecule has 3 heteroatoms. The Labute approximate surface area is 119 Å². The molecule has 0 spiro atoms. The molecule has 0 saturated heterocycles. The second kappa shape index (κ2) is 6.75. The van der Waals surface area contributed by atoms with E-state index in [0.717, 1.165) is 5.75 Å². The summed E-state index contributed by atoms with van der Waals surface area (Å²) in [6.45, 7) is 4.41. The Balaban J connectivity index is 1.84. The summed E-state index contributed by atoms with van der Waals surface area (Å²) in [6, 6.07) is 15.1. The van der Waals surface area contributed by atoms with Gasteiger partial charge in [-0.1, -0.05) is 29.8 Å². The first-order valence-corrected chi connectivity index (χ1v) is 6.59. The largest absolute Gasteiger partial charge is 0.490 e. The van der Waals surface area contributed by atoms with E-state index in [0.29, 0.717) is 24.5 Å². The number of rotatable bonds is 6. The minimum atomic E-state index is 0.0000490. The molecule has 0 unspecified atom stereocenters. The molecule has 3 nitrogen and oxygen atoms in total. The van der Waals surface area contributed by atoms with Crippen LogP contribution in [0.5, 0.6) is 11.5 Å². The summed E-state index contributed by atoms with van der Waals surface area (Å²) in [7, 11) is 0. The first kappa shape index (κ1) is 14.1. The molecule has 0 radical (unpaired) electrons. The number of aryl methyl sites for hydroxylation is 1. The van der Waals surface area contributed by atoms with E-state index in [-0.39, 0.29) is 5.78 Å². The Morgan fingerprint density at radius 1 is 0.950 bits per heavy atom. The zero-order valence-corrected chi connectivity index (χ0v) is 11.8. The Morgan fingerprint density at radius 2 is 1.60 bits per heavy atom. The highest BCUT2D eigenvalue weighted by Gasteiger charge is 2.06. The van der Waals surface area contributed by atoms with E-state index >= 15 is 0 Å². The monoisotopic (exact) mass is 270 g/mol. The van der Waals surface area contributed by atoms with Gasteiger partial charge >= 0.3 is 0 Å². The van der Waals surface area contributed by atoms with Gasteiger partial charge in [0.15, 0.2) is 5.78 Å². The third-order valence-corrected chi connectivity index (χ3v) is 2.90. The summed E-state index contributed by atoms with van der Waals surface area (Å²) < 4.78 is 11.2. The Kier molecular flexibility index (Phi) is 4.77. The lowest BCUT2D eigenvalue weighted by Crippen LogP contribution is -2.10. The maximum Gasteiger partial charge on any atom is 0.163 e. The van der Waals surface area contributed by atoms with Crippen molar-refractivity contribution in [1.29, 1.82) is 0 Å². The van der Waals surface area contributed by atoms with Crippen LogP contribution in [0, 0.1) is 6.92 Å². The molecule has 0 bridgehead atoms. The zero-order valence-electron chi connectivity index (χ0n) is 11.8. The highest BCUT2D eigenvalue weighted by Crippen LogP contribution is 2.18. The van der Waals surface area contributed by atoms with Crippen molar-refractivity contribution in [3.8, 4) is 11.5 Å². The van der Waals surface area contributed by atoms with Crippen molar-refractivity contribution >= 4 is 5.78 Å². The van der Waals surface area contributed by atoms with Crippen LogP contribution >= 0.6 is 0 Å². The topological polar surface area (TPSA) is 35.5 Å². The summed E-state index contributed by atoms with van der Waals surface area (Å²) >= 11 is 0. The second-order valence-electron chi connectivity index (χ2n) is 4.56. The van der Waals surface area contributed by atoms with Gasteiger partial charge in [-0.15, -0.1) is 0 Å². The summed E-state index contributed by atoms with van der Waals surface area (Å²) in [5.74, 6) is 1.42.